The van der Waals surface area contributed by atoms with E-state index in [1.54, 1.807) is 0 Å². The van der Waals surface area contributed by atoms with Crippen molar-refractivity contribution in [2.45, 2.75) is 46.6 Å². The summed E-state index contributed by atoms with van der Waals surface area (Å²) >= 11 is 0. The van der Waals surface area contributed by atoms with E-state index in [0.717, 1.165) is 6.54 Å². The first-order valence-corrected chi connectivity index (χ1v) is 6.56. The van der Waals surface area contributed by atoms with Crippen molar-refractivity contribution in [3.63, 3.8) is 0 Å². The Balaban J connectivity index is 2.27. The standard InChI is InChI=1S/C13H26N2O2/c1-10(2)9-17-12(16)15-8-11-13(3,4)6-5-7-14-11/h10-11,14H,5-9H2,1-4H3,(H,15,16). The Hall–Kier alpha value is -0.770. The lowest BCUT2D eigenvalue weighted by molar-refractivity contribution is 0.124. The van der Waals surface area contributed by atoms with Crippen LogP contribution in [0, 0.1) is 11.3 Å². The highest BCUT2D eigenvalue weighted by atomic mass is 16.5. The van der Waals surface area contributed by atoms with Crippen LogP contribution in [0.25, 0.3) is 0 Å². The zero-order valence-electron chi connectivity index (χ0n) is 11.5. The minimum absolute atomic E-state index is 0.240. The van der Waals surface area contributed by atoms with E-state index in [2.05, 4.69) is 24.5 Å². The molecule has 1 atom stereocenters. The fraction of sp³-hybridized carbons (Fsp3) is 0.923. The molecular formula is C13H26N2O2. The molecule has 0 aromatic heterocycles. The summed E-state index contributed by atoms with van der Waals surface area (Å²) in [6, 6.07) is 0.336. The van der Waals surface area contributed by atoms with Crippen LogP contribution < -0.4 is 10.6 Å². The summed E-state index contributed by atoms with van der Waals surface area (Å²) in [5.74, 6) is 0.380. The number of ether oxygens (including phenoxy) is 1. The summed E-state index contributed by atoms with van der Waals surface area (Å²) in [7, 11) is 0. The molecule has 0 saturated carbocycles. The highest BCUT2D eigenvalue weighted by Gasteiger charge is 2.31. The van der Waals surface area contributed by atoms with Crippen LogP contribution in [0.4, 0.5) is 4.79 Å². The number of piperidine rings is 1. The van der Waals surface area contributed by atoms with Gasteiger partial charge in [0.05, 0.1) is 6.61 Å². The van der Waals surface area contributed by atoms with Crippen molar-refractivity contribution in [3.05, 3.63) is 0 Å². The highest BCUT2D eigenvalue weighted by Crippen LogP contribution is 2.29. The molecule has 1 heterocycles. The van der Waals surface area contributed by atoms with Gasteiger partial charge in [-0.15, -0.1) is 0 Å². The normalized spacial score (nSPS) is 23.5. The minimum Gasteiger partial charge on any atom is -0.449 e. The van der Waals surface area contributed by atoms with Crippen LogP contribution in [-0.4, -0.2) is 31.8 Å². The van der Waals surface area contributed by atoms with Crippen LogP contribution in [-0.2, 0) is 4.74 Å². The first-order chi connectivity index (χ1) is 7.92. The summed E-state index contributed by atoms with van der Waals surface area (Å²) < 4.78 is 5.08. The number of rotatable bonds is 4. The average molecular weight is 242 g/mol. The van der Waals surface area contributed by atoms with Gasteiger partial charge in [-0.05, 0) is 30.7 Å². The number of carbonyl (C=O) groups is 1. The molecule has 0 bridgehead atoms. The van der Waals surface area contributed by atoms with Crippen LogP contribution in [0.5, 0.6) is 0 Å². The van der Waals surface area contributed by atoms with Gasteiger partial charge in [0, 0.05) is 12.6 Å². The Labute approximate surface area is 104 Å². The number of carbonyl (C=O) groups excluding carboxylic acids is 1. The predicted octanol–water partition coefficient (Wildman–Crippen LogP) is 2.15. The Morgan fingerprint density at radius 3 is 2.82 bits per heavy atom. The van der Waals surface area contributed by atoms with Gasteiger partial charge < -0.3 is 15.4 Å². The lowest BCUT2D eigenvalue weighted by atomic mass is 9.77. The molecule has 1 aliphatic rings. The Kier molecular flexibility index (Phi) is 5.25. The molecule has 1 amide bonds. The van der Waals surface area contributed by atoms with E-state index in [-0.39, 0.29) is 11.5 Å². The van der Waals surface area contributed by atoms with Crippen molar-refractivity contribution in [2.75, 3.05) is 19.7 Å². The Morgan fingerprint density at radius 1 is 1.53 bits per heavy atom. The van der Waals surface area contributed by atoms with Gasteiger partial charge in [0.25, 0.3) is 0 Å². The highest BCUT2D eigenvalue weighted by molar-refractivity contribution is 5.67. The summed E-state index contributed by atoms with van der Waals surface area (Å²) in [6.07, 6.45) is 2.11. The number of nitrogens with one attached hydrogen (secondary N) is 2. The zero-order valence-corrected chi connectivity index (χ0v) is 11.5. The van der Waals surface area contributed by atoms with Gasteiger partial charge in [-0.2, -0.15) is 0 Å². The van der Waals surface area contributed by atoms with Gasteiger partial charge in [-0.3, -0.25) is 0 Å². The summed E-state index contributed by atoms with van der Waals surface area (Å²) in [5.41, 5.74) is 0.240. The molecular weight excluding hydrogens is 216 g/mol. The third kappa shape index (κ3) is 4.94. The maximum absolute atomic E-state index is 11.4. The third-order valence-electron chi connectivity index (χ3n) is 3.33. The SMILES string of the molecule is CC(C)COC(=O)NCC1NCCCC1(C)C. The molecule has 0 aliphatic carbocycles. The molecule has 1 rings (SSSR count). The van der Waals surface area contributed by atoms with Crippen molar-refractivity contribution < 1.29 is 9.53 Å². The molecule has 1 aliphatic heterocycles. The summed E-state index contributed by atoms with van der Waals surface area (Å²) in [6.45, 7) is 10.7. The topological polar surface area (TPSA) is 50.4 Å². The van der Waals surface area contributed by atoms with Gasteiger partial charge in [0.1, 0.15) is 0 Å². The molecule has 1 saturated heterocycles. The second-order valence-electron chi connectivity index (χ2n) is 5.97. The smallest absolute Gasteiger partial charge is 0.407 e. The molecule has 0 spiro atoms. The first-order valence-electron chi connectivity index (χ1n) is 6.56. The second kappa shape index (κ2) is 6.24. The van der Waals surface area contributed by atoms with E-state index in [1.165, 1.54) is 12.8 Å². The predicted molar refractivity (Wildman–Crippen MR) is 69.0 cm³/mol. The summed E-state index contributed by atoms with van der Waals surface area (Å²) in [5, 5.41) is 6.30. The van der Waals surface area contributed by atoms with Gasteiger partial charge >= 0.3 is 6.09 Å². The number of amides is 1. The van der Waals surface area contributed by atoms with Gasteiger partial charge in [-0.1, -0.05) is 27.7 Å². The minimum atomic E-state index is -0.304. The van der Waals surface area contributed by atoms with Crippen LogP contribution in [0.15, 0.2) is 0 Å². The zero-order chi connectivity index (χ0) is 12.9. The molecule has 4 nitrogen and oxygen atoms in total. The summed E-state index contributed by atoms with van der Waals surface area (Å²) in [4.78, 5) is 11.4. The van der Waals surface area contributed by atoms with Gasteiger partial charge in [0.15, 0.2) is 0 Å². The maximum atomic E-state index is 11.4. The van der Waals surface area contributed by atoms with E-state index < -0.39 is 0 Å². The van der Waals surface area contributed by atoms with Gasteiger partial charge in [0.2, 0.25) is 0 Å². The molecule has 0 aromatic rings. The maximum Gasteiger partial charge on any atom is 0.407 e. The fourth-order valence-electron chi connectivity index (χ4n) is 2.10. The van der Waals surface area contributed by atoms with Crippen molar-refractivity contribution in [2.24, 2.45) is 11.3 Å². The van der Waals surface area contributed by atoms with Crippen molar-refractivity contribution in [3.8, 4) is 0 Å². The van der Waals surface area contributed by atoms with Crippen LogP contribution in [0.1, 0.15) is 40.5 Å². The van der Waals surface area contributed by atoms with Crippen LogP contribution in [0.2, 0.25) is 0 Å². The van der Waals surface area contributed by atoms with Crippen molar-refractivity contribution in [1.82, 2.24) is 10.6 Å². The van der Waals surface area contributed by atoms with E-state index in [0.29, 0.717) is 25.1 Å². The van der Waals surface area contributed by atoms with Crippen LogP contribution >= 0.6 is 0 Å². The largest absolute Gasteiger partial charge is 0.449 e. The Bertz CT molecular complexity index is 252. The molecule has 1 unspecified atom stereocenters. The molecule has 1 fully saturated rings. The molecule has 17 heavy (non-hydrogen) atoms. The monoisotopic (exact) mass is 242 g/mol. The second-order valence-corrected chi connectivity index (χ2v) is 5.97. The van der Waals surface area contributed by atoms with Crippen molar-refractivity contribution >= 4 is 6.09 Å². The number of hydrogen-bond donors (Lipinski definition) is 2. The van der Waals surface area contributed by atoms with E-state index in [9.17, 15) is 4.79 Å². The molecule has 0 radical (unpaired) electrons. The molecule has 100 valence electrons. The fourth-order valence-corrected chi connectivity index (χ4v) is 2.10. The van der Waals surface area contributed by atoms with E-state index in [1.807, 2.05) is 13.8 Å². The molecule has 2 N–H and O–H groups in total. The quantitative estimate of drug-likeness (QED) is 0.794. The van der Waals surface area contributed by atoms with Gasteiger partial charge in [-0.25, -0.2) is 4.79 Å². The number of alkyl carbamates (subject to hydrolysis) is 1. The molecule has 4 heteroatoms. The third-order valence-corrected chi connectivity index (χ3v) is 3.33. The Morgan fingerprint density at radius 2 is 2.24 bits per heavy atom. The molecule has 0 aromatic carbocycles. The van der Waals surface area contributed by atoms with Crippen LogP contribution in [0.3, 0.4) is 0 Å². The van der Waals surface area contributed by atoms with E-state index in [4.69, 9.17) is 4.74 Å². The van der Waals surface area contributed by atoms with Crippen molar-refractivity contribution in [1.29, 1.82) is 0 Å². The lowest BCUT2D eigenvalue weighted by Gasteiger charge is -2.39. The lowest BCUT2D eigenvalue weighted by Crippen LogP contribution is -2.52. The first kappa shape index (κ1) is 14.3. The van der Waals surface area contributed by atoms with E-state index >= 15 is 0 Å². The average Bonchev–Trinajstić information content (AvgIpc) is 2.24. The number of hydrogen-bond acceptors (Lipinski definition) is 3.